The maximum atomic E-state index is 12.2. The largest absolute Gasteiger partial charge is 0.368 e. The van der Waals surface area contributed by atoms with Crippen LogP contribution in [0.5, 0.6) is 0 Å². The minimum absolute atomic E-state index is 0.135. The highest BCUT2D eigenvalue weighted by molar-refractivity contribution is 5.99. The molecule has 2 aromatic heterocycles. The minimum atomic E-state index is -0.628. The highest BCUT2D eigenvalue weighted by Gasteiger charge is 2.24. The SMILES string of the molecule is CCN(CCNc1ccc(Nc2nc(N3CCC(CC#N)CC3)nc(C)c2C(N)=O)cn1)C(=O)CC#N. The van der Waals surface area contributed by atoms with Crippen molar-refractivity contribution in [3.05, 3.63) is 29.6 Å². The van der Waals surface area contributed by atoms with Crippen LogP contribution in [0.1, 0.15) is 48.7 Å². The molecule has 1 saturated heterocycles. The molecular formula is C25H32N10O2. The number of primary amides is 1. The number of piperidine rings is 1. The van der Waals surface area contributed by atoms with E-state index in [0.29, 0.717) is 60.9 Å². The number of hydrogen-bond acceptors (Lipinski definition) is 10. The second kappa shape index (κ2) is 13.0. The number of likely N-dealkylation sites (N-methyl/N-ethyl adjacent to an activating group) is 1. The number of carbonyl (C=O) groups excluding carboxylic acids is 2. The summed E-state index contributed by atoms with van der Waals surface area (Å²) < 4.78 is 0. The molecule has 12 heteroatoms. The average molecular weight is 505 g/mol. The average Bonchev–Trinajstić information content (AvgIpc) is 2.88. The molecule has 37 heavy (non-hydrogen) atoms. The normalized spacial score (nSPS) is 13.4. The van der Waals surface area contributed by atoms with Crippen molar-refractivity contribution in [2.75, 3.05) is 48.3 Å². The number of hydrogen-bond donors (Lipinski definition) is 3. The Labute approximate surface area is 216 Å². The number of nitrogens with zero attached hydrogens (tertiary/aromatic N) is 7. The predicted molar refractivity (Wildman–Crippen MR) is 139 cm³/mol. The Kier molecular flexibility index (Phi) is 9.55. The number of aryl methyl sites for hydroxylation is 1. The van der Waals surface area contributed by atoms with Crippen molar-refractivity contribution in [1.29, 1.82) is 10.5 Å². The van der Waals surface area contributed by atoms with E-state index in [0.717, 1.165) is 25.9 Å². The van der Waals surface area contributed by atoms with Gasteiger partial charge in [-0.2, -0.15) is 15.5 Å². The van der Waals surface area contributed by atoms with E-state index >= 15 is 0 Å². The first-order valence-electron chi connectivity index (χ1n) is 12.3. The van der Waals surface area contributed by atoms with Gasteiger partial charge in [0.2, 0.25) is 11.9 Å². The van der Waals surface area contributed by atoms with Crippen molar-refractivity contribution in [3.8, 4) is 12.1 Å². The van der Waals surface area contributed by atoms with Gasteiger partial charge in [-0.3, -0.25) is 9.59 Å². The third-order valence-electron chi connectivity index (χ3n) is 6.28. The second-order valence-electron chi connectivity index (χ2n) is 8.78. The van der Waals surface area contributed by atoms with E-state index in [2.05, 4.69) is 36.6 Å². The zero-order valence-electron chi connectivity index (χ0n) is 21.2. The number of amides is 2. The lowest BCUT2D eigenvalue weighted by Crippen LogP contribution is -2.35. The van der Waals surface area contributed by atoms with Crippen LogP contribution in [0.25, 0.3) is 0 Å². The van der Waals surface area contributed by atoms with Crippen molar-refractivity contribution in [3.63, 3.8) is 0 Å². The Morgan fingerprint density at radius 3 is 2.57 bits per heavy atom. The fraction of sp³-hybridized carbons (Fsp3) is 0.480. The van der Waals surface area contributed by atoms with E-state index in [9.17, 15) is 9.59 Å². The summed E-state index contributed by atoms with van der Waals surface area (Å²) >= 11 is 0. The van der Waals surface area contributed by atoms with E-state index in [4.69, 9.17) is 16.3 Å². The molecule has 0 bridgehead atoms. The smallest absolute Gasteiger partial charge is 0.254 e. The molecule has 2 aromatic rings. The number of carbonyl (C=O) groups is 2. The van der Waals surface area contributed by atoms with E-state index in [-0.39, 0.29) is 17.9 Å². The van der Waals surface area contributed by atoms with Crippen molar-refractivity contribution >= 4 is 35.1 Å². The number of nitrogens with two attached hydrogens (primary N) is 1. The summed E-state index contributed by atoms with van der Waals surface area (Å²) in [7, 11) is 0. The predicted octanol–water partition coefficient (Wildman–Crippen LogP) is 2.33. The van der Waals surface area contributed by atoms with Crippen molar-refractivity contribution < 1.29 is 9.59 Å². The minimum Gasteiger partial charge on any atom is -0.368 e. The molecule has 3 rings (SSSR count). The number of nitriles is 2. The molecule has 1 aliphatic rings. The molecule has 3 heterocycles. The number of anilines is 4. The molecule has 0 spiro atoms. The molecule has 2 amide bonds. The van der Waals surface area contributed by atoms with Crippen LogP contribution in [0.15, 0.2) is 18.3 Å². The lowest BCUT2D eigenvalue weighted by atomic mass is 9.94. The molecule has 4 N–H and O–H groups in total. The van der Waals surface area contributed by atoms with Gasteiger partial charge in [-0.25, -0.2) is 9.97 Å². The molecule has 0 aliphatic carbocycles. The van der Waals surface area contributed by atoms with E-state index in [1.165, 1.54) is 0 Å². The molecular weight excluding hydrogens is 472 g/mol. The number of aromatic nitrogens is 3. The Bertz CT molecular complexity index is 1180. The molecule has 0 atom stereocenters. The van der Waals surface area contributed by atoms with E-state index in [1.54, 1.807) is 30.2 Å². The fourth-order valence-electron chi connectivity index (χ4n) is 4.22. The van der Waals surface area contributed by atoms with Gasteiger partial charge in [0, 0.05) is 39.1 Å². The van der Waals surface area contributed by atoms with Crippen LogP contribution in [0.4, 0.5) is 23.3 Å². The fourth-order valence-corrected chi connectivity index (χ4v) is 4.22. The highest BCUT2D eigenvalue weighted by Crippen LogP contribution is 2.27. The van der Waals surface area contributed by atoms with Crippen LogP contribution >= 0.6 is 0 Å². The van der Waals surface area contributed by atoms with Crippen molar-refractivity contribution in [1.82, 2.24) is 19.9 Å². The molecule has 1 aliphatic heterocycles. The van der Waals surface area contributed by atoms with Crippen LogP contribution in [0.3, 0.4) is 0 Å². The molecule has 0 aromatic carbocycles. The van der Waals surface area contributed by atoms with Crippen LogP contribution in [0, 0.1) is 35.5 Å². The van der Waals surface area contributed by atoms with Crippen LogP contribution in [-0.2, 0) is 4.79 Å². The Morgan fingerprint density at radius 2 is 1.97 bits per heavy atom. The van der Waals surface area contributed by atoms with Gasteiger partial charge in [0.1, 0.15) is 23.6 Å². The van der Waals surface area contributed by atoms with Crippen molar-refractivity contribution in [2.45, 2.75) is 39.5 Å². The summed E-state index contributed by atoms with van der Waals surface area (Å²) in [5, 5.41) is 24.0. The summed E-state index contributed by atoms with van der Waals surface area (Å²) in [5.41, 5.74) is 6.94. The van der Waals surface area contributed by atoms with Crippen LogP contribution < -0.4 is 21.3 Å². The third kappa shape index (κ3) is 7.27. The molecule has 1 fully saturated rings. The lowest BCUT2D eigenvalue weighted by molar-refractivity contribution is -0.129. The van der Waals surface area contributed by atoms with Gasteiger partial charge >= 0.3 is 0 Å². The summed E-state index contributed by atoms with van der Waals surface area (Å²) in [5.74, 6) is 0.993. The second-order valence-corrected chi connectivity index (χ2v) is 8.78. The van der Waals surface area contributed by atoms with Crippen LogP contribution in [-0.4, -0.2) is 64.4 Å². The number of rotatable bonds is 11. The standard InChI is InChI=1S/C25H32N10O2/c1-3-34(21(36)7-11-27)15-12-29-20-5-4-19(16-30-20)32-24-22(23(28)37)17(2)31-25(33-24)35-13-8-18(6-10-26)9-14-35/h4-5,16,18H,3,6-9,12-15H2,1-2H3,(H2,28,37)(H,29,30)(H,31,32,33). The van der Waals surface area contributed by atoms with Gasteiger partial charge in [0.15, 0.2) is 0 Å². The first-order chi connectivity index (χ1) is 17.9. The Balaban J connectivity index is 1.68. The Morgan fingerprint density at radius 1 is 1.22 bits per heavy atom. The maximum Gasteiger partial charge on any atom is 0.254 e. The maximum absolute atomic E-state index is 12.2. The number of pyridine rings is 1. The monoisotopic (exact) mass is 504 g/mol. The summed E-state index contributed by atoms with van der Waals surface area (Å²) in [6, 6.07) is 7.69. The van der Waals surface area contributed by atoms with Gasteiger partial charge in [-0.15, -0.1) is 0 Å². The molecule has 0 unspecified atom stereocenters. The quantitative estimate of drug-likeness (QED) is 0.411. The van der Waals surface area contributed by atoms with E-state index in [1.807, 2.05) is 13.0 Å². The van der Waals surface area contributed by atoms with E-state index < -0.39 is 5.91 Å². The lowest BCUT2D eigenvalue weighted by Gasteiger charge is -2.31. The highest BCUT2D eigenvalue weighted by atomic mass is 16.2. The zero-order chi connectivity index (χ0) is 26.8. The molecule has 12 nitrogen and oxygen atoms in total. The zero-order valence-corrected chi connectivity index (χ0v) is 21.2. The van der Waals surface area contributed by atoms with Gasteiger partial charge in [0.25, 0.3) is 5.91 Å². The number of nitrogens with one attached hydrogen (secondary N) is 2. The molecule has 0 saturated carbocycles. The molecule has 0 radical (unpaired) electrons. The summed E-state index contributed by atoms with van der Waals surface area (Å²) in [6.07, 6.45) is 3.79. The Hall–Kier alpha value is -4.45. The first-order valence-corrected chi connectivity index (χ1v) is 12.3. The van der Waals surface area contributed by atoms with Crippen molar-refractivity contribution in [2.24, 2.45) is 11.7 Å². The summed E-state index contributed by atoms with van der Waals surface area (Å²) in [4.78, 5) is 41.2. The first kappa shape index (κ1) is 27.1. The summed E-state index contributed by atoms with van der Waals surface area (Å²) in [6.45, 7) is 6.53. The van der Waals surface area contributed by atoms with Gasteiger partial charge in [-0.1, -0.05) is 0 Å². The van der Waals surface area contributed by atoms with Crippen LogP contribution in [0.2, 0.25) is 0 Å². The van der Waals surface area contributed by atoms with Gasteiger partial charge < -0.3 is 26.2 Å². The van der Waals surface area contributed by atoms with Gasteiger partial charge in [-0.05, 0) is 44.7 Å². The third-order valence-corrected chi connectivity index (χ3v) is 6.28. The topological polar surface area (TPSA) is 177 Å². The van der Waals surface area contributed by atoms with Gasteiger partial charge in [0.05, 0.1) is 29.7 Å². The molecule has 194 valence electrons.